The zero-order valence-electron chi connectivity index (χ0n) is 9.21. The van der Waals surface area contributed by atoms with Gasteiger partial charge in [-0.2, -0.15) is 5.26 Å². The van der Waals surface area contributed by atoms with Crippen LogP contribution in [0.2, 0.25) is 0 Å². The first-order valence-electron chi connectivity index (χ1n) is 5.57. The Morgan fingerprint density at radius 2 is 2.19 bits per heavy atom. The van der Waals surface area contributed by atoms with Gasteiger partial charge in [0.2, 0.25) is 5.91 Å². The SMILES string of the molecule is N#CC1(C(=O)NC(CO)CCF)CCCC1. The topological polar surface area (TPSA) is 73.1 Å². The fourth-order valence-corrected chi connectivity index (χ4v) is 2.03. The predicted molar refractivity (Wildman–Crippen MR) is 56.1 cm³/mol. The number of rotatable bonds is 5. The van der Waals surface area contributed by atoms with E-state index in [9.17, 15) is 9.18 Å². The van der Waals surface area contributed by atoms with E-state index >= 15 is 0 Å². The summed E-state index contributed by atoms with van der Waals surface area (Å²) in [5.74, 6) is -0.361. The lowest BCUT2D eigenvalue weighted by Gasteiger charge is -2.23. The maximum absolute atomic E-state index is 12.1. The van der Waals surface area contributed by atoms with Gasteiger partial charge >= 0.3 is 0 Å². The molecule has 2 N–H and O–H groups in total. The highest BCUT2D eigenvalue weighted by Gasteiger charge is 2.41. The van der Waals surface area contributed by atoms with Gasteiger partial charge in [0.05, 0.1) is 25.4 Å². The molecule has 1 fully saturated rings. The normalized spacial score (nSPS) is 20.1. The average molecular weight is 228 g/mol. The number of nitriles is 1. The van der Waals surface area contributed by atoms with Crippen molar-refractivity contribution >= 4 is 5.91 Å². The Bertz CT molecular complexity index is 282. The van der Waals surface area contributed by atoms with Crippen LogP contribution in [0.15, 0.2) is 0 Å². The Morgan fingerprint density at radius 3 is 2.62 bits per heavy atom. The molecule has 5 heteroatoms. The number of alkyl halides is 1. The first kappa shape index (κ1) is 12.9. The van der Waals surface area contributed by atoms with Crippen molar-refractivity contribution in [2.24, 2.45) is 5.41 Å². The van der Waals surface area contributed by atoms with Crippen LogP contribution in [0.3, 0.4) is 0 Å². The van der Waals surface area contributed by atoms with E-state index in [-0.39, 0.29) is 18.9 Å². The standard InChI is InChI=1S/C11H17FN2O2/c12-6-3-9(7-15)14-10(16)11(8-13)4-1-2-5-11/h9,15H,1-7H2,(H,14,16). The highest BCUT2D eigenvalue weighted by molar-refractivity contribution is 5.85. The molecule has 90 valence electrons. The summed E-state index contributed by atoms with van der Waals surface area (Å²) in [4.78, 5) is 11.9. The van der Waals surface area contributed by atoms with E-state index in [1.54, 1.807) is 0 Å². The maximum atomic E-state index is 12.1. The number of halogens is 1. The summed E-state index contributed by atoms with van der Waals surface area (Å²) >= 11 is 0. The van der Waals surface area contributed by atoms with Gasteiger partial charge < -0.3 is 10.4 Å². The molecule has 0 aromatic rings. The summed E-state index contributed by atoms with van der Waals surface area (Å²) in [5.41, 5.74) is -0.955. The van der Waals surface area contributed by atoms with Crippen LogP contribution in [0.5, 0.6) is 0 Å². The van der Waals surface area contributed by atoms with Gasteiger partial charge in [-0.25, -0.2) is 0 Å². The number of carbonyl (C=O) groups excluding carboxylic acids is 1. The number of hydrogen-bond donors (Lipinski definition) is 2. The molecule has 1 saturated carbocycles. The number of aliphatic hydroxyl groups is 1. The quantitative estimate of drug-likeness (QED) is 0.734. The third kappa shape index (κ3) is 2.70. The number of hydrogen-bond acceptors (Lipinski definition) is 3. The number of nitrogens with zero attached hydrogens (tertiary/aromatic N) is 1. The molecule has 0 radical (unpaired) electrons. The van der Waals surface area contributed by atoms with Gasteiger partial charge in [-0.05, 0) is 19.3 Å². The van der Waals surface area contributed by atoms with E-state index in [1.165, 1.54) is 0 Å². The van der Waals surface area contributed by atoms with Crippen LogP contribution in [0.1, 0.15) is 32.1 Å². The molecule has 0 aliphatic heterocycles. The van der Waals surface area contributed by atoms with Gasteiger partial charge in [0.25, 0.3) is 0 Å². The average Bonchev–Trinajstić information content (AvgIpc) is 2.78. The van der Waals surface area contributed by atoms with Crippen LogP contribution in [0.25, 0.3) is 0 Å². The maximum Gasteiger partial charge on any atom is 0.240 e. The molecule has 0 heterocycles. The van der Waals surface area contributed by atoms with Crippen molar-refractivity contribution in [2.75, 3.05) is 13.3 Å². The lowest BCUT2D eigenvalue weighted by atomic mass is 9.86. The minimum absolute atomic E-state index is 0.0871. The van der Waals surface area contributed by atoms with Crippen LogP contribution >= 0.6 is 0 Å². The van der Waals surface area contributed by atoms with E-state index in [0.29, 0.717) is 12.8 Å². The molecule has 4 nitrogen and oxygen atoms in total. The van der Waals surface area contributed by atoms with Crippen LogP contribution in [-0.2, 0) is 4.79 Å². The lowest BCUT2D eigenvalue weighted by molar-refractivity contribution is -0.129. The second-order valence-electron chi connectivity index (χ2n) is 4.23. The van der Waals surface area contributed by atoms with Crippen molar-refractivity contribution in [2.45, 2.75) is 38.1 Å². The van der Waals surface area contributed by atoms with E-state index in [1.807, 2.05) is 0 Å². The van der Waals surface area contributed by atoms with Crippen molar-refractivity contribution in [1.29, 1.82) is 5.26 Å². The van der Waals surface area contributed by atoms with Gasteiger partial charge in [-0.15, -0.1) is 0 Å². The van der Waals surface area contributed by atoms with Gasteiger partial charge in [0.1, 0.15) is 5.41 Å². The molecule has 0 saturated heterocycles. The molecule has 0 aromatic carbocycles. The summed E-state index contributed by atoms with van der Waals surface area (Å²) in [5, 5.41) is 20.5. The second kappa shape index (κ2) is 5.80. The summed E-state index contributed by atoms with van der Waals surface area (Å²) in [7, 11) is 0. The Kier molecular flexibility index (Phi) is 4.69. The fraction of sp³-hybridized carbons (Fsp3) is 0.818. The van der Waals surface area contributed by atoms with Crippen LogP contribution in [0, 0.1) is 16.7 Å². The molecule has 1 aliphatic carbocycles. The molecule has 0 aromatic heterocycles. The molecule has 1 unspecified atom stereocenters. The van der Waals surface area contributed by atoms with Gasteiger partial charge in [0.15, 0.2) is 0 Å². The third-order valence-electron chi connectivity index (χ3n) is 3.12. The summed E-state index contributed by atoms with van der Waals surface area (Å²) in [6.07, 6.45) is 2.94. The van der Waals surface area contributed by atoms with Gasteiger partial charge in [-0.3, -0.25) is 9.18 Å². The monoisotopic (exact) mass is 228 g/mol. The number of aliphatic hydroxyl groups excluding tert-OH is 1. The summed E-state index contributed by atoms with van der Waals surface area (Å²) in [6.45, 7) is -0.887. The largest absolute Gasteiger partial charge is 0.394 e. The minimum atomic E-state index is -0.955. The Balaban J connectivity index is 2.59. The van der Waals surface area contributed by atoms with Crippen LogP contribution < -0.4 is 5.32 Å². The molecule has 16 heavy (non-hydrogen) atoms. The molecule has 1 amide bonds. The minimum Gasteiger partial charge on any atom is -0.394 e. The first-order valence-corrected chi connectivity index (χ1v) is 5.57. The highest BCUT2D eigenvalue weighted by atomic mass is 19.1. The van der Waals surface area contributed by atoms with Crippen LogP contribution in [-0.4, -0.2) is 30.3 Å². The van der Waals surface area contributed by atoms with Crippen molar-refractivity contribution in [3.63, 3.8) is 0 Å². The smallest absolute Gasteiger partial charge is 0.240 e. The fourth-order valence-electron chi connectivity index (χ4n) is 2.03. The van der Waals surface area contributed by atoms with Crippen molar-refractivity contribution < 1.29 is 14.3 Å². The molecule has 1 atom stereocenters. The highest BCUT2D eigenvalue weighted by Crippen LogP contribution is 2.37. The predicted octanol–water partition coefficient (Wildman–Crippen LogP) is 0.907. The molecular formula is C11H17FN2O2. The van der Waals surface area contributed by atoms with E-state index in [4.69, 9.17) is 10.4 Å². The summed E-state index contributed by atoms with van der Waals surface area (Å²) in [6, 6.07) is 1.48. The second-order valence-corrected chi connectivity index (χ2v) is 4.23. The zero-order chi connectivity index (χ0) is 12.0. The first-order chi connectivity index (χ1) is 7.68. The Labute approximate surface area is 94.4 Å². The van der Waals surface area contributed by atoms with Gasteiger partial charge in [-0.1, -0.05) is 12.8 Å². The number of carbonyl (C=O) groups is 1. The Morgan fingerprint density at radius 1 is 1.56 bits per heavy atom. The number of amides is 1. The molecule has 0 spiro atoms. The van der Waals surface area contributed by atoms with E-state index in [2.05, 4.69) is 11.4 Å². The Hall–Kier alpha value is -1.15. The molecular weight excluding hydrogens is 211 g/mol. The molecule has 1 aliphatic rings. The zero-order valence-corrected chi connectivity index (χ0v) is 9.21. The third-order valence-corrected chi connectivity index (χ3v) is 3.12. The van der Waals surface area contributed by atoms with E-state index in [0.717, 1.165) is 12.8 Å². The number of nitrogens with one attached hydrogen (secondary N) is 1. The molecule has 1 rings (SSSR count). The summed E-state index contributed by atoms with van der Waals surface area (Å²) < 4.78 is 12.1. The van der Waals surface area contributed by atoms with E-state index < -0.39 is 18.1 Å². The van der Waals surface area contributed by atoms with Crippen LogP contribution in [0.4, 0.5) is 4.39 Å². The van der Waals surface area contributed by atoms with Crippen molar-refractivity contribution in [3.05, 3.63) is 0 Å². The van der Waals surface area contributed by atoms with Gasteiger partial charge in [0, 0.05) is 0 Å². The van der Waals surface area contributed by atoms with Crippen molar-refractivity contribution in [3.8, 4) is 6.07 Å². The van der Waals surface area contributed by atoms with Crippen molar-refractivity contribution in [1.82, 2.24) is 5.32 Å². The lowest BCUT2D eigenvalue weighted by Crippen LogP contribution is -2.45. The molecule has 0 bridgehead atoms.